The van der Waals surface area contributed by atoms with Gasteiger partial charge in [0.25, 0.3) is 0 Å². The smallest absolute Gasteiger partial charge is 0.431 e. The van der Waals surface area contributed by atoms with Crippen molar-refractivity contribution in [2.75, 3.05) is 0 Å². The highest BCUT2D eigenvalue weighted by Crippen LogP contribution is 2.32. The molecule has 3 nitrogen and oxygen atoms in total. The molecule has 17 heavy (non-hydrogen) atoms. The molecular formula is C11H8F3NO2. The maximum atomic E-state index is 12.5. The van der Waals surface area contributed by atoms with E-state index in [1.165, 1.54) is 18.2 Å². The number of carbonyl (C=O) groups is 1. The normalized spacial score (nSPS) is 11.9. The zero-order chi connectivity index (χ0) is 12.6. The van der Waals surface area contributed by atoms with Crippen molar-refractivity contribution in [3.63, 3.8) is 0 Å². The van der Waals surface area contributed by atoms with Gasteiger partial charge in [0, 0.05) is 10.9 Å². The average molecular weight is 243 g/mol. The molecule has 0 aliphatic heterocycles. The third kappa shape index (κ3) is 2.25. The lowest BCUT2D eigenvalue weighted by atomic mass is 10.1. The number of H-pyrrole nitrogens is 1. The SMILES string of the molecule is O=C(O)Cc1cccc2cc(C(F)(F)F)[nH]c12. The summed E-state index contributed by atoms with van der Waals surface area (Å²) in [5.74, 6) is -1.08. The van der Waals surface area contributed by atoms with Crippen LogP contribution in [0.4, 0.5) is 13.2 Å². The second kappa shape index (κ2) is 3.80. The summed E-state index contributed by atoms with van der Waals surface area (Å²) in [7, 11) is 0. The van der Waals surface area contributed by atoms with Gasteiger partial charge in [-0.2, -0.15) is 13.2 Å². The fraction of sp³-hybridized carbons (Fsp3) is 0.182. The van der Waals surface area contributed by atoms with Crippen molar-refractivity contribution >= 4 is 16.9 Å². The lowest BCUT2D eigenvalue weighted by molar-refractivity contribution is -0.140. The molecule has 1 aromatic heterocycles. The molecule has 0 unspecified atom stereocenters. The molecule has 0 amide bonds. The first-order valence-corrected chi connectivity index (χ1v) is 4.77. The molecule has 0 aliphatic carbocycles. The standard InChI is InChI=1S/C11H8F3NO2/c12-11(13,14)8-4-6-2-1-3-7(5-9(16)17)10(6)15-8/h1-4,15H,5H2,(H,16,17). The number of fused-ring (bicyclic) bond motifs is 1. The topological polar surface area (TPSA) is 53.1 Å². The first-order chi connectivity index (χ1) is 7.88. The number of carboxylic acids is 1. The molecule has 0 fully saturated rings. The van der Waals surface area contributed by atoms with Crippen molar-refractivity contribution in [3.05, 3.63) is 35.5 Å². The first kappa shape index (κ1) is 11.5. The summed E-state index contributed by atoms with van der Waals surface area (Å²) in [4.78, 5) is 12.8. The van der Waals surface area contributed by atoms with Crippen LogP contribution in [0, 0.1) is 0 Å². The van der Waals surface area contributed by atoms with Crippen LogP contribution in [-0.4, -0.2) is 16.1 Å². The first-order valence-electron chi connectivity index (χ1n) is 4.77. The van der Waals surface area contributed by atoms with Gasteiger partial charge >= 0.3 is 12.1 Å². The molecule has 0 saturated heterocycles. The van der Waals surface area contributed by atoms with E-state index in [2.05, 4.69) is 4.98 Å². The van der Waals surface area contributed by atoms with Crippen molar-refractivity contribution in [2.45, 2.75) is 12.6 Å². The third-order valence-corrected chi connectivity index (χ3v) is 2.39. The maximum absolute atomic E-state index is 12.5. The Morgan fingerprint density at radius 1 is 1.35 bits per heavy atom. The van der Waals surface area contributed by atoms with Gasteiger partial charge in [-0.3, -0.25) is 4.79 Å². The predicted molar refractivity (Wildman–Crippen MR) is 54.6 cm³/mol. The highest BCUT2D eigenvalue weighted by Gasteiger charge is 2.32. The van der Waals surface area contributed by atoms with E-state index in [0.29, 0.717) is 10.9 Å². The predicted octanol–water partition coefficient (Wildman–Crippen LogP) is 2.81. The van der Waals surface area contributed by atoms with Crippen LogP contribution in [-0.2, 0) is 17.4 Å². The summed E-state index contributed by atoms with van der Waals surface area (Å²) in [6.45, 7) is 0. The Hall–Kier alpha value is -1.98. The number of aromatic amines is 1. The molecule has 2 N–H and O–H groups in total. The minimum absolute atomic E-state index is 0.224. The van der Waals surface area contributed by atoms with Gasteiger partial charge in [0.1, 0.15) is 5.69 Å². The van der Waals surface area contributed by atoms with Crippen molar-refractivity contribution in [1.82, 2.24) is 4.98 Å². The maximum Gasteiger partial charge on any atom is 0.431 e. The van der Waals surface area contributed by atoms with Gasteiger partial charge in [0.15, 0.2) is 0 Å². The van der Waals surface area contributed by atoms with Gasteiger partial charge in [-0.05, 0) is 11.6 Å². The Kier molecular flexibility index (Phi) is 2.57. The molecule has 2 rings (SSSR count). The van der Waals surface area contributed by atoms with E-state index in [9.17, 15) is 18.0 Å². The van der Waals surface area contributed by atoms with Gasteiger partial charge in [0.2, 0.25) is 0 Å². The minimum Gasteiger partial charge on any atom is -0.481 e. The molecular weight excluding hydrogens is 235 g/mol. The van der Waals surface area contributed by atoms with E-state index in [1.807, 2.05) is 0 Å². The quantitative estimate of drug-likeness (QED) is 0.852. The summed E-state index contributed by atoms with van der Waals surface area (Å²) in [6, 6.07) is 5.51. The molecule has 6 heteroatoms. The number of aliphatic carboxylic acids is 1. The molecule has 90 valence electrons. The van der Waals surface area contributed by atoms with E-state index in [0.717, 1.165) is 6.07 Å². The lowest BCUT2D eigenvalue weighted by Gasteiger charge is -2.02. The number of halogens is 3. The molecule has 0 bridgehead atoms. The Labute approximate surface area is 93.9 Å². The van der Waals surface area contributed by atoms with Crippen LogP contribution in [0.15, 0.2) is 24.3 Å². The molecule has 0 atom stereocenters. The van der Waals surface area contributed by atoms with Crippen molar-refractivity contribution in [3.8, 4) is 0 Å². The van der Waals surface area contributed by atoms with Crippen molar-refractivity contribution in [1.29, 1.82) is 0 Å². The van der Waals surface area contributed by atoms with E-state index in [1.54, 1.807) is 0 Å². The molecule has 0 spiro atoms. The van der Waals surface area contributed by atoms with Crippen LogP contribution in [0.25, 0.3) is 10.9 Å². The summed E-state index contributed by atoms with van der Waals surface area (Å²) >= 11 is 0. The molecule has 1 aromatic carbocycles. The van der Waals surface area contributed by atoms with Gasteiger partial charge < -0.3 is 10.1 Å². The molecule has 0 saturated carbocycles. The van der Waals surface area contributed by atoms with Gasteiger partial charge in [-0.25, -0.2) is 0 Å². The second-order valence-corrected chi connectivity index (χ2v) is 3.63. The van der Waals surface area contributed by atoms with Gasteiger partial charge in [-0.1, -0.05) is 18.2 Å². The Morgan fingerprint density at radius 2 is 2.06 bits per heavy atom. The Bertz CT molecular complexity index is 572. The van der Waals surface area contributed by atoms with E-state index in [-0.39, 0.29) is 11.9 Å². The number of hydrogen-bond acceptors (Lipinski definition) is 1. The molecule has 0 aliphatic rings. The van der Waals surface area contributed by atoms with Crippen LogP contribution >= 0.6 is 0 Å². The third-order valence-electron chi connectivity index (χ3n) is 2.39. The fourth-order valence-electron chi connectivity index (χ4n) is 1.68. The summed E-state index contributed by atoms with van der Waals surface area (Å²) < 4.78 is 37.4. The number of nitrogens with one attached hydrogen (secondary N) is 1. The summed E-state index contributed by atoms with van der Waals surface area (Å²) in [6.07, 6.45) is -4.77. The molecule has 2 aromatic rings. The lowest BCUT2D eigenvalue weighted by Crippen LogP contribution is -2.05. The molecule has 0 radical (unpaired) electrons. The monoisotopic (exact) mass is 243 g/mol. The molecule has 1 heterocycles. The zero-order valence-corrected chi connectivity index (χ0v) is 8.51. The van der Waals surface area contributed by atoms with E-state index < -0.39 is 17.8 Å². The number of alkyl halides is 3. The number of aromatic nitrogens is 1. The van der Waals surface area contributed by atoms with Crippen LogP contribution in [0.1, 0.15) is 11.3 Å². The van der Waals surface area contributed by atoms with Gasteiger partial charge in [-0.15, -0.1) is 0 Å². The van der Waals surface area contributed by atoms with E-state index >= 15 is 0 Å². The summed E-state index contributed by atoms with van der Waals surface area (Å²) in [5, 5.41) is 9.01. The highest BCUT2D eigenvalue weighted by molar-refractivity contribution is 5.86. The number of hydrogen-bond donors (Lipinski definition) is 2. The fourth-order valence-corrected chi connectivity index (χ4v) is 1.68. The van der Waals surface area contributed by atoms with Crippen LogP contribution in [0.5, 0.6) is 0 Å². The number of carboxylic acid groups (broad SMARTS) is 1. The average Bonchev–Trinajstić information content (AvgIpc) is 2.60. The zero-order valence-electron chi connectivity index (χ0n) is 8.51. The Morgan fingerprint density at radius 3 is 2.65 bits per heavy atom. The highest BCUT2D eigenvalue weighted by atomic mass is 19.4. The minimum atomic E-state index is -4.46. The van der Waals surface area contributed by atoms with Crippen molar-refractivity contribution < 1.29 is 23.1 Å². The number of rotatable bonds is 2. The Balaban J connectivity index is 2.57. The largest absolute Gasteiger partial charge is 0.481 e. The van der Waals surface area contributed by atoms with Crippen LogP contribution in [0.2, 0.25) is 0 Å². The van der Waals surface area contributed by atoms with Crippen molar-refractivity contribution in [2.24, 2.45) is 0 Å². The van der Waals surface area contributed by atoms with Crippen LogP contribution < -0.4 is 0 Å². The number of benzene rings is 1. The number of para-hydroxylation sites is 1. The second-order valence-electron chi connectivity index (χ2n) is 3.63. The van der Waals surface area contributed by atoms with E-state index in [4.69, 9.17) is 5.11 Å². The summed E-state index contributed by atoms with van der Waals surface area (Å²) in [5.41, 5.74) is -0.307. The van der Waals surface area contributed by atoms with Crippen LogP contribution in [0.3, 0.4) is 0 Å². The van der Waals surface area contributed by atoms with Gasteiger partial charge in [0.05, 0.1) is 6.42 Å².